The first-order valence-corrected chi connectivity index (χ1v) is 8.52. The summed E-state index contributed by atoms with van der Waals surface area (Å²) in [5.41, 5.74) is 9.23. The van der Waals surface area contributed by atoms with E-state index in [1.54, 1.807) is 13.0 Å². The number of nitrogens with two attached hydrogens (primary N) is 1. The van der Waals surface area contributed by atoms with Crippen molar-refractivity contribution in [3.05, 3.63) is 71.5 Å². The van der Waals surface area contributed by atoms with Crippen molar-refractivity contribution in [2.75, 3.05) is 13.2 Å². The summed E-state index contributed by atoms with van der Waals surface area (Å²) in [5, 5.41) is 0. The van der Waals surface area contributed by atoms with E-state index in [0.717, 1.165) is 17.2 Å². The van der Waals surface area contributed by atoms with Crippen molar-refractivity contribution in [2.45, 2.75) is 25.7 Å². The predicted octanol–water partition coefficient (Wildman–Crippen LogP) is 4.62. The Kier molecular flexibility index (Phi) is 4.92. The van der Waals surface area contributed by atoms with E-state index in [9.17, 15) is 8.78 Å². The largest absolute Gasteiger partial charge is 0.490 e. The molecule has 0 saturated carbocycles. The number of nitrogens with zero attached hydrogens (tertiary/aromatic N) is 1. The minimum Gasteiger partial charge on any atom is -0.490 e. The second-order valence-electron chi connectivity index (χ2n) is 6.67. The molecule has 1 aliphatic rings. The summed E-state index contributed by atoms with van der Waals surface area (Å²) < 4.78 is 34.0. The molecule has 2 atom stereocenters. The average Bonchev–Trinajstić information content (AvgIpc) is 2.99. The van der Waals surface area contributed by atoms with E-state index < -0.39 is 11.6 Å². The van der Waals surface area contributed by atoms with Crippen LogP contribution in [0.25, 0.3) is 11.3 Å². The van der Waals surface area contributed by atoms with Crippen LogP contribution < -0.4 is 10.5 Å². The van der Waals surface area contributed by atoms with Gasteiger partial charge in [-0.05, 0) is 30.2 Å². The van der Waals surface area contributed by atoms with Gasteiger partial charge in [-0.25, -0.2) is 13.8 Å². The standard InChI is InChI=1S/C21H22F2N2O/c1-5-11(2)16(9-24)19-7-14-13(4)10-26-21(14)20(25-19)15-6-12(3)17(22)8-18(15)23/h5-8,13,16H,1-2,9-10,24H2,3-4H3. The lowest BCUT2D eigenvalue weighted by molar-refractivity contribution is 0.337. The molecule has 0 radical (unpaired) electrons. The maximum Gasteiger partial charge on any atom is 0.149 e. The third-order valence-electron chi connectivity index (χ3n) is 4.84. The van der Waals surface area contributed by atoms with Crippen LogP contribution in [0.3, 0.4) is 0 Å². The molecule has 2 aromatic rings. The molecule has 2 heterocycles. The van der Waals surface area contributed by atoms with E-state index in [2.05, 4.69) is 18.1 Å². The molecule has 0 amide bonds. The van der Waals surface area contributed by atoms with Crippen LogP contribution in [0.1, 0.15) is 35.6 Å². The third-order valence-corrected chi connectivity index (χ3v) is 4.84. The van der Waals surface area contributed by atoms with Crippen molar-refractivity contribution >= 4 is 0 Å². The molecular formula is C21H22F2N2O. The molecule has 136 valence electrons. The number of fused-ring (bicyclic) bond motifs is 1. The highest BCUT2D eigenvalue weighted by atomic mass is 19.1. The Morgan fingerprint density at radius 2 is 2.12 bits per heavy atom. The Hall–Kier alpha value is -2.53. The number of aryl methyl sites for hydroxylation is 1. The molecule has 1 aromatic carbocycles. The maximum absolute atomic E-state index is 14.5. The summed E-state index contributed by atoms with van der Waals surface area (Å²) in [4.78, 5) is 4.64. The molecule has 0 bridgehead atoms. The van der Waals surface area contributed by atoms with Gasteiger partial charge >= 0.3 is 0 Å². The Balaban J connectivity index is 2.26. The third kappa shape index (κ3) is 3.03. The number of rotatable bonds is 5. The van der Waals surface area contributed by atoms with Crippen LogP contribution in [0, 0.1) is 18.6 Å². The van der Waals surface area contributed by atoms with Crippen molar-refractivity contribution in [2.24, 2.45) is 5.73 Å². The lowest BCUT2D eigenvalue weighted by Gasteiger charge is -2.18. The van der Waals surface area contributed by atoms with Crippen molar-refractivity contribution in [1.82, 2.24) is 4.98 Å². The first-order valence-electron chi connectivity index (χ1n) is 8.52. The van der Waals surface area contributed by atoms with E-state index in [1.807, 2.05) is 13.0 Å². The zero-order chi connectivity index (χ0) is 19.0. The molecule has 1 aromatic heterocycles. The van der Waals surface area contributed by atoms with Crippen LogP contribution in [-0.2, 0) is 0 Å². The molecule has 0 fully saturated rings. The zero-order valence-electron chi connectivity index (χ0n) is 15.0. The molecule has 1 aliphatic heterocycles. The quantitative estimate of drug-likeness (QED) is 0.796. The second-order valence-corrected chi connectivity index (χ2v) is 6.67. The van der Waals surface area contributed by atoms with Gasteiger partial charge in [-0.3, -0.25) is 0 Å². The van der Waals surface area contributed by atoms with E-state index in [4.69, 9.17) is 10.5 Å². The van der Waals surface area contributed by atoms with Crippen LogP contribution >= 0.6 is 0 Å². The minimum atomic E-state index is -0.671. The van der Waals surface area contributed by atoms with Gasteiger partial charge in [0.05, 0.1) is 12.3 Å². The Morgan fingerprint density at radius 1 is 1.38 bits per heavy atom. The number of allylic oxidation sites excluding steroid dienone is 1. The number of aromatic nitrogens is 1. The molecule has 0 spiro atoms. The molecule has 0 saturated heterocycles. The summed E-state index contributed by atoms with van der Waals surface area (Å²) in [6.07, 6.45) is 1.65. The number of halogens is 2. The Labute approximate surface area is 152 Å². The van der Waals surface area contributed by atoms with Gasteiger partial charge in [-0.1, -0.05) is 26.2 Å². The van der Waals surface area contributed by atoms with Crippen LogP contribution in [0.5, 0.6) is 5.75 Å². The average molecular weight is 356 g/mol. The van der Waals surface area contributed by atoms with Crippen LogP contribution in [0.15, 0.2) is 43.0 Å². The molecule has 3 rings (SSSR count). The van der Waals surface area contributed by atoms with E-state index in [0.29, 0.717) is 35.9 Å². The molecule has 0 aliphatic carbocycles. The summed E-state index contributed by atoms with van der Waals surface area (Å²) >= 11 is 0. The zero-order valence-corrected chi connectivity index (χ0v) is 15.0. The molecule has 2 N–H and O–H groups in total. The normalized spacial score (nSPS) is 16.7. The van der Waals surface area contributed by atoms with Crippen LogP contribution in [0.4, 0.5) is 8.78 Å². The Morgan fingerprint density at radius 3 is 2.77 bits per heavy atom. The van der Waals surface area contributed by atoms with Gasteiger partial charge in [-0.15, -0.1) is 0 Å². The smallest absolute Gasteiger partial charge is 0.149 e. The highest BCUT2D eigenvalue weighted by Gasteiger charge is 2.29. The number of ether oxygens (including phenoxy) is 1. The van der Waals surface area contributed by atoms with E-state index >= 15 is 0 Å². The molecule has 2 unspecified atom stereocenters. The first kappa shape index (κ1) is 18.3. The van der Waals surface area contributed by atoms with Crippen molar-refractivity contribution in [1.29, 1.82) is 0 Å². The fourth-order valence-corrected chi connectivity index (χ4v) is 3.19. The van der Waals surface area contributed by atoms with Gasteiger partial charge in [0.15, 0.2) is 0 Å². The summed E-state index contributed by atoms with van der Waals surface area (Å²) in [6, 6.07) is 4.28. The van der Waals surface area contributed by atoms with Gasteiger partial charge < -0.3 is 10.5 Å². The lowest BCUT2D eigenvalue weighted by atomic mass is 9.92. The van der Waals surface area contributed by atoms with Crippen molar-refractivity contribution in [3.63, 3.8) is 0 Å². The fraction of sp³-hybridized carbons (Fsp3) is 0.286. The number of hydrogen-bond donors (Lipinski definition) is 1. The van der Waals surface area contributed by atoms with Gasteiger partial charge in [0.2, 0.25) is 0 Å². The SMILES string of the molecule is C=CC(=C)C(CN)c1cc2c(c(-c3cc(C)c(F)cc3F)n1)OCC2C. The lowest BCUT2D eigenvalue weighted by Crippen LogP contribution is -2.16. The van der Waals surface area contributed by atoms with Gasteiger partial charge in [0.25, 0.3) is 0 Å². The number of pyridine rings is 1. The predicted molar refractivity (Wildman–Crippen MR) is 99.4 cm³/mol. The van der Waals surface area contributed by atoms with E-state index in [-0.39, 0.29) is 17.4 Å². The van der Waals surface area contributed by atoms with Crippen LogP contribution in [-0.4, -0.2) is 18.1 Å². The number of hydrogen-bond acceptors (Lipinski definition) is 3. The monoisotopic (exact) mass is 356 g/mol. The maximum atomic E-state index is 14.5. The van der Waals surface area contributed by atoms with Gasteiger partial charge in [0.1, 0.15) is 23.1 Å². The topological polar surface area (TPSA) is 48.1 Å². The van der Waals surface area contributed by atoms with Crippen molar-refractivity contribution < 1.29 is 13.5 Å². The van der Waals surface area contributed by atoms with Crippen molar-refractivity contribution in [3.8, 4) is 17.0 Å². The highest BCUT2D eigenvalue weighted by molar-refractivity contribution is 5.71. The summed E-state index contributed by atoms with van der Waals surface area (Å²) in [6.45, 7) is 12.2. The molecule has 3 nitrogen and oxygen atoms in total. The fourth-order valence-electron chi connectivity index (χ4n) is 3.19. The summed E-state index contributed by atoms with van der Waals surface area (Å²) in [7, 11) is 0. The Bertz CT molecular complexity index is 892. The van der Waals surface area contributed by atoms with Gasteiger partial charge in [0, 0.05) is 35.6 Å². The van der Waals surface area contributed by atoms with E-state index in [1.165, 1.54) is 6.07 Å². The van der Waals surface area contributed by atoms with Gasteiger partial charge in [-0.2, -0.15) is 0 Å². The molecular weight excluding hydrogens is 334 g/mol. The first-order chi connectivity index (χ1) is 12.4. The summed E-state index contributed by atoms with van der Waals surface area (Å²) in [5.74, 6) is -0.797. The number of benzene rings is 1. The molecule has 5 heteroatoms. The van der Waals surface area contributed by atoms with Crippen LogP contribution in [0.2, 0.25) is 0 Å². The second kappa shape index (κ2) is 7.00. The minimum absolute atomic E-state index is 0.144. The highest BCUT2D eigenvalue weighted by Crippen LogP contribution is 2.43. The molecule has 26 heavy (non-hydrogen) atoms.